The van der Waals surface area contributed by atoms with E-state index >= 15 is 0 Å². The molecule has 0 unspecified atom stereocenters. The van der Waals surface area contributed by atoms with Gasteiger partial charge in [0.15, 0.2) is 0 Å². The van der Waals surface area contributed by atoms with Gasteiger partial charge in [0.05, 0.1) is 18.6 Å². The number of carbonyl (C=O) groups is 1. The van der Waals surface area contributed by atoms with Gasteiger partial charge in [-0.3, -0.25) is 14.2 Å². The molecule has 0 aliphatic carbocycles. The van der Waals surface area contributed by atoms with Crippen LogP contribution in [0.1, 0.15) is 26.7 Å². The summed E-state index contributed by atoms with van der Waals surface area (Å²) >= 11 is 0. The van der Waals surface area contributed by atoms with Gasteiger partial charge >= 0.3 is 0 Å². The summed E-state index contributed by atoms with van der Waals surface area (Å²) in [4.78, 5) is 31.0. The third-order valence-electron chi connectivity index (χ3n) is 4.66. The van der Waals surface area contributed by atoms with Gasteiger partial charge in [0.25, 0.3) is 5.56 Å². The van der Waals surface area contributed by atoms with Crippen LogP contribution in [0, 0.1) is 5.92 Å². The van der Waals surface area contributed by atoms with Gasteiger partial charge in [-0.1, -0.05) is 6.92 Å². The second-order valence-electron chi connectivity index (χ2n) is 6.78. The summed E-state index contributed by atoms with van der Waals surface area (Å²) in [6.07, 6.45) is 3.64. The second kappa shape index (κ2) is 8.17. The van der Waals surface area contributed by atoms with E-state index in [9.17, 15) is 9.59 Å². The van der Waals surface area contributed by atoms with E-state index in [1.54, 1.807) is 0 Å². The minimum absolute atomic E-state index is 0.0192. The van der Waals surface area contributed by atoms with Crippen molar-refractivity contribution >= 4 is 5.91 Å². The molecule has 3 rings (SSSR count). The molecule has 1 atom stereocenters. The van der Waals surface area contributed by atoms with Gasteiger partial charge in [0.1, 0.15) is 12.3 Å². The molecule has 0 bridgehead atoms. The zero-order valence-corrected chi connectivity index (χ0v) is 15.4. The van der Waals surface area contributed by atoms with Crippen molar-refractivity contribution < 1.29 is 9.53 Å². The van der Waals surface area contributed by atoms with Crippen molar-refractivity contribution in [3.63, 3.8) is 0 Å². The molecule has 1 amide bonds. The Morgan fingerprint density at radius 3 is 2.73 bits per heavy atom. The van der Waals surface area contributed by atoms with Crippen LogP contribution in [0.25, 0.3) is 11.3 Å². The highest BCUT2D eigenvalue weighted by molar-refractivity contribution is 5.76. The van der Waals surface area contributed by atoms with Crippen LogP contribution < -0.4 is 10.3 Å². The van der Waals surface area contributed by atoms with Crippen molar-refractivity contribution in [3.05, 3.63) is 47.0 Å². The highest BCUT2D eigenvalue weighted by atomic mass is 16.5. The average molecular weight is 355 g/mol. The number of hydrogen-bond donors (Lipinski definition) is 0. The van der Waals surface area contributed by atoms with Crippen LogP contribution in [0.5, 0.6) is 5.75 Å². The third-order valence-corrected chi connectivity index (χ3v) is 4.66. The predicted octanol–water partition coefficient (Wildman–Crippen LogP) is 2.57. The molecule has 1 aromatic heterocycles. The Morgan fingerprint density at radius 1 is 1.31 bits per heavy atom. The van der Waals surface area contributed by atoms with E-state index in [-0.39, 0.29) is 18.0 Å². The molecule has 1 aliphatic rings. The number of rotatable bonds is 5. The molecular formula is C20H25N3O3. The zero-order valence-electron chi connectivity index (χ0n) is 15.4. The molecule has 0 saturated carbocycles. The van der Waals surface area contributed by atoms with Crippen molar-refractivity contribution in [2.45, 2.75) is 33.2 Å². The highest BCUT2D eigenvalue weighted by Crippen LogP contribution is 2.19. The maximum atomic E-state index is 12.4. The van der Waals surface area contributed by atoms with Gasteiger partial charge in [0.2, 0.25) is 5.91 Å². The molecule has 26 heavy (non-hydrogen) atoms. The quantitative estimate of drug-likeness (QED) is 0.827. The first kappa shape index (κ1) is 18.2. The predicted molar refractivity (Wildman–Crippen MR) is 100 cm³/mol. The lowest BCUT2D eigenvalue weighted by atomic mass is 10.0. The first-order chi connectivity index (χ1) is 12.6. The fourth-order valence-electron chi connectivity index (χ4n) is 3.25. The van der Waals surface area contributed by atoms with Gasteiger partial charge in [-0.2, -0.15) is 0 Å². The fourth-order valence-corrected chi connectivity index (χ4v) is 3.25. The summed E-state index contributed by atoms with van der Waals surface area (Å²) in [5, 5.41) is 0. The van der Waals surface area contributed by atoms with Crippen LogP contribution in [0.4, 0.5) is 0 Å². The van der Waals surface area contributed by atoms with E-state index in [1.807, 2.05) is 36.1 Å². The van der Waals surface area contributed by atoms with Crippen LogP contribution in [0.2, 0.25) is 0 Å². The van der Waals surface area contributed by atoms with E-state index in [4.69, 9.17) is 4.74 Å². The Labute approximate surface area is 153 Å². The van der Waals surface area contributed by atoms with E-state index in [2.05, 4.69) is 11.9 Å². The molecule has 2 heterocycles. The molecule has 2 aromatic rings. The van der Waals surface area contributed by atoms with E-state index < -0.39 is 0 Å². The SMILES string of the molecule is CCOc1ccc(-c2cc(=O)n(CC(=O)N3CCC[C@H](C)C3)cn2)cc1. The molecule has 1 fully saturated rings. The fraction of sp³-hybridized carbons (Fsp3) is 0.450. The average Bonchev–Trinajstić information content (AvgIpc) is 2.64. The maximum Gasteiger partial charge on any atom is 0.254 e. The summed E-state index contributed by atoms with van der Waals surface area (Å²) in [5.74, 6) is 1.28. The van der Waals surface area contributed by atoms with E-state index in [1.165, 1.54) is 17.0 Å². The van der Waals surface area contributed by atoms with E-state index in [0.29, 0.717) is 18.2 Å². The van der Waals surface area contributed by atoms with Crippen molar-refractivity contribution in [2.75, 3.05) is 19.7 Å². The van der Waals surface area contributed by atoms with Crippen molar-refractivity contribution in [1.82, 2.24) is 14.5 Å². The molecule has 6 nitrogen and oxygen atoms in total. The minimum atomic E-state index is -0.220. The van der Waals surface area contributed by atoms with Gasteiger partial charge in [-0.25, -0.2) is 4.98 Å². The van der Waals surface area contributed by atoms with Crippen LogP contribution in [0.3, 0.4) is 0 Å². The number of piperidine rings is 1. The molecule has 0 radical (unpaired) electrons. The Hall–Kier alpha value is -2.63. The summed E-state index contributed by atoms with van der Waals surface area (Å²) < 4.78 is 6.79. The van der Waals surface area contributed by atoms with Crippen molar-refractivity contribution in [2.24, 2.45) is 5.92 Å². The summed E-state index contributed by atoms with van der Waals surface area (Å²) in [6, 6.07) is 8.93. The summed E-state index contributed by atoms with van der Waals surface area (Å²) in [5.41, 5.74) is 1.21. The van der Waals surface area contributed by atoms with Crippen molar-refractivity contribution in [3.8, 4) is 17.0 Å². The molecule has 1 aliphatic heterocycles. The first-order valence-electron chi connectivity index (χ1n) is 9.14. The molecule has 6 heteroatoms. The monoisotopic (exact) mass is 355 g/mol. The number of ether oxygens (including phenoxy) is 1. The number of aromatic nitrogens is 2. The van der Waals surface area contributed by atoms with E-state index in [0.717, 1.165) is 37.2 Å². The molecule has 0 N–H and O–H groups in total. The van der Waals surface area contributed by atoms with Crippen LogP contribution in [0.15, 0.2) is 41.5 Å². The minimum Gasteiger partial charge on any atom is -0.494 e. The molecule has 1 aromatic carbocycles. The standard InChI is InChI=1S/C20H25N3O3/c1-3-26-17-8-6-16(7-9-17)18-11-19(24)23(14-21-18)13-20(25)22-10-4-5-15(2)12-22/h6-9,11,14-15H,3-5,10,12-13H2,1-2H3/t15-/m0/s1. The second-order valence-corrected chi connectivity index (χ2v) is 6.78. The number of hydrogen-bond acceptors (Lipinski definition) is 4. The smallest absolute Gasteiger partial charge is 0.254 e. The van der Waals surface area contributed by atoms with Crippen molar-refractivity contribution in [1.29, 1.82) is 0 Å². The molecular weight excluding hydrogens is 330 g/mol. The largest absolute Gasteiger partial charge is 0.494 e. The van der Waals surface area contributed by atoms with Crippen LogP contribution in [-0.2, 0) is 11.3 Å². The first-order valence-corrected chi connectivity index (χ1v) is 9.14. The lowest BCUT2D eigenvalue weighted by Crippen LogP contribution is -2.42. The number of likely N-dealkylation sites (tertiary alicyclic amines) is 1. The highest BCUT2D eigenvalue weighted by Gasteiger charge is 2.21. The van der Waals surface area contributed by atoms with Gasteiger partial charge < -0.3 is 9.64 Å². The Morgan fingerprint density at radius 2 is 2.08 bits per heavy atom. The lowest BCUT2D eigenvalue weighted by Gasteiger charge is -2.31. The van der Waals surface area contributed by atoms with Gasteiger partial charge in [-0.15, -0.1) is 0 Å². The Bertz CT molecular complexity index is 814. The Kier molecular flexibility index (Phi) is 5.71. The molecule has 138 valence electrons. The molecule has 0 spiro atoms. The maximum absolute atomic E-state index is 12.4. The topological polar surface area (TPSA) is 64.4 Å². The van der Waals surface area contributed by atoms with Gasteiger partial charge in [-0.05, 0) is 49.9 Å². The Balaban J connectivity index is 1.71. The number of amides is 1. The number of carbonyl (C=O) groups excluding carboxylic acids is 1. The van der Waals surface area contributed by atoms with Crippen LogP contribution >= 0.6 is 0 Å². The zero-order chi connectivity index (χ0) is 18.5. The van der Waals surface area contributed by atoms with Crippen LogP contribution in [-0.4, -0.2) is 40.1 Å². The third kappa shape index (κ3) is 4.31. The summed E-state index contributed by atoms with van der Waals surface area (Å²) in [7, 11) is 0. The van der Waals surface area contributed by atoms with Gasteiger partial charge in [0, 0.05) is 24.7 Å². The molecule has 1 saturated heterocycles. The summed E-state index contributed by atoms with van der Waals surface area (Å²) in [6.45, 7) is 6.28. The number of nitrogens with zero attached hydrogens (tertiary/aromatic N) is 3. The lowest BCUT2D eigenvalue weighted by molar-refractivity contribution is -0.133. The number of benzene rings is 1. The normalized spacial score (nSPS) is 17.2.